The lowest BCUT2D eigenvalue weighted by Crippen LogP contribution is -2.28. The SMILES string of the molecule is CCOc1ccccc1NC(=O)C1CC(=O)N(c2ccc(N(C)C)cc2)C1. The van der Waals surface area contributed by atoms with Crippen molar-refractivity contribution in [3.8, 4) is 5.75 Å². The Kier molecular flexibility index (Phi) is 5.64. The molecule has 1 saturated heterocycles. The van der Waals surface area contributed by atoms with Gasteiger partial charge in [-0.2, -0.15) is 0 Å². The quantitative estimate of drug-likeness (QED) is 0.852. The van der Waals surface area contributed by atoms with Crippen LogP contribution >= 0.6 is 0 Å². The van der Waals surface area contributed by atoms with E-state index in [0.29, 0.717) is 24.6 Å². The number of nitrogens with zero attached hydrogens (tertiary/aromatic N) is 2. The van der Waals surface area contributed by atoms with E-state index in [1.54, 1.807) is 11.0 Å². The average molecular weight is 367 g/mol. The van der Waals surface area contributed by atoms with Gasteiger partial charge in [-0.05, 0) is 43.3 Å². The van der Waals surface area contributed by atoms with Crippen molar-refractivity contribution in [3.05, 3.63) is 48.5 Å². The molecule has 6 heteroatoms. The van der Waals surface area contributed by atoms with Crippen LogP contribution < -0.4 is 19.9 Å². The Morgan fingerprint density at radius 1 is 1.19 bits per heavy atom. The Bertz CT molecular complexity index is 818. The van der Waals surface area contributed by atoms with Gasteiger partial charge in [-0.1, -0.05) is 12.1 Å². The molecule has 1 aliphatic rings. The van der Waals surface area contributed by atoms with Gasteiger partial charge in [0, 0.05) is 38.4 Å². The standard InChI is InChI=1S/C21H25N3O3/c1-4-27-19-8-6-5-7-18(19)22-21(26)15-13-20(25)24(14-15)17-11-9-16(10-12-17)23(2)3/h5-12,15H,4,13-14H2,1-3H3,(H,22,26). The molecule has 0 radical (unpaired) electrons. The van der Waals surface area contributed by atoms with Crippen LogP contribution in [0.25, 0.3) is 0 Å². The van der Waals surface area contributed by atoms with Gasteiger partial charge in [0.1, 0.15) is 5.75 Å². The summed E-state index contributed by atoms with van der Waals surface area (Å²) in [5.41, 5.74) is 2.51. The normalized spacial score (nSPS) is 16.3. The molecule has 1 heterocycles. The first-order chi connectivity index (χ1) is 13.0. The predicted octanol–water partition coefficient (Wildman–Crippen LogP) is 3.14. The van der Waals surface area contributed by atoms with Crippen LogP contribution in [0.5, 0.6) is 5.75 Å². The largest absolute Gasteiger partial charge is 0.492 e. The first-order valence-electron chi connectivity index (χ1n) is 9.10. The summed E-state index contributed by atoms with van der Waals surface area (Å²) in [7, 11) is 3.94. The molecule has 2 amide bonds. The van der Waals surface area contributed by atoms with E-state index in [1.165, 1.54) is 0 Å². The van der Waals surface area contributed by atoms with E-state index in [9.17, 15) is 9.59 Å². The Morgan fingerprint density at radius 3 is 2.56 bits per heavy atom. The van der Waals surface area contributed by atoms with E-state index in [2.05, 4.69) is 5.32 Å². The zero-order chi connectivity index (χ0) is 19.4. The fraction of sp³-hybridized carbons (Fsp3) is 0.333. The molecule has 1 atom stereocenters. The van der Waals surface area contributed by atoms with Gasteiger partial charge in [0.25, 0.3) is 0 Å². The monoisotopic (exact) mass is 367 g/mol. The van der Waals surface area contributed by atoms with E-state index >= 15 is 0 Å². The van der Waals surface area contributed by atoms with Crippen LogP contribution in [0.15, 0.2) is 48.5 Å². The van der Waals surface area contributed by atoms with Gasteiger partial charge in [0.05, 0.1) is 18.2 Å². The van der Waals surface area contributed by atoms with Gasteiger partial charge in [0.2, 0.25) is 11.8 Å². The van der Waals surface area contributed by atoms with Crippen LogP contribution in [0.2, 0.25) is 0 Å². The zero-order valence-corrected chi connectivity index (χ0v) is 15.9. The zero-order valence-electron chi connectivity index (χ0n) is 15.9. The van der Waals surface area contributed by atoms with E-state index in [0.717, 1.165) is 11.4 Å². The molecule has 2 aromatic rings. The smallest absolute Gasteiger partial charge is 0.229 e. The van der Waals surface area contributed by atoms with Gasteiger partial charge in [-0.25, -0.2) is 0 Å². The third-order valence-corrected chi connectivity index (χ3v) is 4.62. The van der Waals surface area contributed by atoms with Gasteiger partial charge >= 0.3 is 0 Å². The number of anilines is 3. The Balaban J connectivity index is 1.69. The summed E-state index contributed by atoms with van der Waals surface area (Å²) in [6.07, 6.45) is 0.206. The summed E-state index contributed by atoms with van der Waals surface area (Å²) in [5.74, 6) is 0.0447. The molecule has 1 N–H and O–H groups in total. The van der Waals surface area contributed by atoms with Crippen molar-refractivity contribution in [2.75, 3.05) is 42.4 Å². The summed E-state index contributed by atoms with van der Waals surface area (Å²) < 4.78 is 5.55. The van der Waals surface area contributed by atoms with Crippen LogP contribution in [0.1, 0.15) is 13.3 Å². The van der Waals surface area contributed by atoms with Crippen molar-refractivity contribution in [3.63, 3.8) is 0 Å². The second-order valence-electron chi connectivity index (χ2n) is 6.73. The molecule has 6 nitrogen and oxygen atoms in total. The molecule has 0 bridgehead atoms. The Hall–Kier alpha value is -3.02. The second-order valence-corrected chi connectivity index (χ2v) is 6.73. The maximum Gasteiger partial charge on any atom is 0.229 e. The molecule has 1 fully saturated rings. The number of hydrogen-bond acceptors (Lipinski definition) is 4. The number of amides is 2. The van der Waals surface area contributed by atoms with E-state index in [1.807, 2.05) is 68.4 Å². The van der Waals surface area contributed by atoms with Crippen molar-refractivity contribution >= 4 is 28.9 Å². The highest BCUT2D eigenvalue weighted by Crippen LogP contribution is 2.29. The lowest BCUT2D eigenvalue weighted by molar-refractivity contribution is -0.122. The molecule has 0 aromatic heterocycles. The van der Waals surface area contributed by atoms with Crippen molar-refractivity contribution in [1.29, 1.82) is 0 Å². The van der Waals surface area contributed by atoms with Gasteiger partial charge in [-0.3, -0.25) is 9.59 Å². The number of para-hydroxylation sites is 2. The highest BCUT2D eigenvalue weighted by atomic mass is 16.5. The van der Waals surface area contributed by atoms with Crippen LogP contribution in [0.3, 0.4) is 0 Å². The number of ether oxygens (including phenoxy) is 1. The Morgan fingerprint density at radius 2 is 1.89 bits per heavy atom. The molecule has 0 saturated carbocycles. The lowest BCUT2D eigenvalue weighted by atomic mass is 10.1. The number of nitrogens with one attached hydrogen (secondary N) is 1. The number of carbonyl (C=O) groups is 2. The van der Waals surface area contributed by atoms with Gasteiger partial charge < -0.3 is 19.9 Å². The Labute approximate surface area is 159 Å². The maximum absolute atomic E-state index is 12.7. The van der Waals surface area contributed by atoms with Crippen LogP contribution in [-0.4, -0.2) is 39.1 Å². The summed E-state index contributed by atoms with van der Waals surface area (Å²) in [4.78, 5) is 28.8. The van der Waals surface area contributed by atoms with Crippen molar-refractivity contribution in [1.82, 2.24) is 0 Å². The first kappa shape index (κ1) is 18.8. The van der Waals surface area contributed by atoms with Gasteiger partial charge in [0.15, 0.2) is 0 Å². The maximum atomic E-state index is 12.7. The minimum Gasteiger partial charge on any atom is -0.492 e. The fourth-order valence-corrected chi connectivity index (χ4v) is 3.15. The van der Waals surface area contributed by atoms with E-state index < -0.39 is 0 Å². The highest BCUT2D eigenvalue weighted by molar-refractivity contribution is 6.04. The van der Waals surface area contributed by atoms with E-state index in [-0.39, 0.29) is 24.2 Å². The minimum absolute atomic E-state index is 0.0363. The molecule has 1 aliphatic heterocycles. The molecule has 3 rings (SSSR count). The van der Waals surface area contributed by atoms with Gasteiger partial charge in [-0.15, -0.1) is 0 Å². The molecule has 27 heavy (non-hydrogen) atoms. The average Bonchev–Trinajstić information content (AvgIpc) is 3.05. The summed E-state index contributed by atoms with van der Waals surface area (Å²) >= 11 is 0. The topological polar surface area (TPSA) is 61.9 Å². The van der Waals surface area contributed by atoms with Crippen molar-refractivity contribution in [2.45, 2.75) is 13.3 Å². The second kappa shape index (κ2) is 8.12. The lowest BCUT2D eigenvalue weighted by Gasteiger charge is -2.19. The molecule has 142 valence electrons. The van der Waals surface area contributed by atoms with Crippen LogP contribution in [0.4, 0.5) is 17.1 Å². The number of benzene rings is 2. The fourth-order valence-electron chi connectivity index (χ4n) is 3.15. The first-order valence-corrected chi connectivity index (χ1v) is 9.10. The highest BCUT2D eigenvalue weighted by Gasteiger charge is 2.35. The third kappa shape index (κ3) is 4.22. The van der Waals surface area contributed by atoms with Crippen molar-refractivity contribution in [2.24, 2.45) is 5.92 Å². The summed E-state index contributed by atoms with van der Waals surface area (Å²) in [5, 5.41) is 2.90. The number of hydrogen-bond donors (Lipinski definition) is 1. The minimum atomic E-state index is -0.388. The number of carbonyl (C=O) groups excluding carboxylic acids is 2. The van der Waals surface area contributed by atoms with Crippen LogP contribution in [-0.2, 0) is 9.59 Å². The summed E-state index contributed by atoms with van der Waals surface area (Å²) in [6.45, 7) is 2.79. The van der Waals surface area contributed by atoms with Crippen molar-refractivity contribution < 1.29 is 14.3 Å². The summed E-state index contributed by atoms with van der Waals surface area (Å²) in [6, 6.07) is 15.1. The van der Waals surface area contributed by atoms with E-state index in [4.69, 9.17) is 4.74 Å². The molecule has 0 aliphatic carbocycles. The molecule has 0 spiro atoms. The molecule has 2 aromatic carbocycles. The predicted molar refractivity (Wildman–Crippen MR) is 107 cm³/mol. The van der Waals surface area contributed by atoms with Crippen LogP contribution in [0, 0.1) is 5.92 Å². The molecular weight excluding hydrogens is 342 g/mol. The molecule has 1 unspecified atom stereocenters. The molecular formula is C21H25N3O3. The third-order valence-electron chi connectivity index (χ3n) is 4.62. The number of rotatable bonds is 6.